The first-order valence-corrected chi connectivity index (χ1v) is 6.79. The molecule has 0 spiro atoms. The minimum Gasteiger partial charge on any atom is -0.312 e. The second-order valence-electron chi connectivity index (χ2n) is 5.13. The molecule has 1 saturated carbocycles. The summed E-state index contributed by atoms with van der Waals surface area (Å²) in [5, 5.41) is 3.41. The Labute approximate surface area is 111 Å². The number of nitrogens with one attached hydrogen (secondary N) is 1. The first kappa shape index (κ1) is 11.0. The van der Waals surface area contributed by atoms with E-state index in [0.29, 0.717) is 17.6 Å². The predicted octanol–water partition coefficient (Wildman–Crippen LogP) is 1.46. The molecule has 0 saturated heterocycles. The molecule has 3 heterocycles. The van der Waals surface area contributed by atoms with Gasteiger partial charge in [0.25, 0.3) is 0 Å². The molecular formula is C14H15N5. The molecule has 1 fully saturated rings. The fourth-order valence-corrected chi connectivity index (χ4v) is 2.58. The van der Waals surface area contributed by atoms with E-state index in [1.807, 2.05) is 6.07 Å². The van der Waals surface area contributed by atoms with Crippen LogP contribution in [-0.2, 0) is 13.0 Å². The Morgan fingerprint density at radius 3 is 2.68 bits per heavy atom. The van der Waals surface area contributed by atoms with E-state index in [4.69, 9.17) is 4.98 Å². The first-order chi connectivity index (χ1) is 9.42. The van der Waals surface area contributed by atoms with Crippen LogP contribution in [0.2, 0.25) is 0 Å². The van der Waals surface area contributed by atoms with Gasteiger partial charge in [0.2, 0.25) is 0 Å². The van der Waals surface area contributed by atoms with Crippen molar-refractivity contribution in [2.75, 3.05) is 6.54 Å². The predicted molar refractivity (Wildman–Crippen MR) is 70.4 cm³/mol. The molecule has 5 nitrogen and oxygen atoms in total. The maximum atomic E-state index is 4.74. The van der Waals surface area contributed by atoms with Gasteiger partial charge in [0, 0.05) is 43.4 Å². The second-order valence-corrected chi connectivity index (χ2v) is 5.13. The molecule has 0 amide bonds. The average molecular weight is 253 g/mol. The Balaban J connectivity index is 1.86. The summed E-state index contributed by atoms with van der Waals surface area (Å²) in [5.74, 6) is 1.94. The van der Waals surface area contributed by atoms with E-state index in [2.05, 4.69) is 20.3 Å². The molecule has 1 aliphatic carbocycles. The smallest absolute Gasteiger partial charge is 0.198 e. The zero-order chi connectivity index (χ0) is 12.7. The molecule has 2 aliphatic rings. The summed E-state index contributed by atoms with van der Waals surface area (Å²) < 4.78 is 0. The number of aromatic nitrogens is 4. The number of fused-ring (bicyclic) bond motifs is 1. The first-order valence-electron chi connectivity index (χ1n) is 6.79. The minimum absolute atomic E-state index is 0.624. The van der Waals surface area contributed by atoms with Gasteiger partial charge < -0.3 is 5.32 Å². The van der Waals surface area contributed by atoms with Gasteiger partial charge in [-0.15, -0.1) is 0 Å². The Bertz CT molecular complexity index is 607. The van der Waals surface area contributed by atoms with Gasteiger partial charge in [0.15, 0.2) is 11.6 Å². The molecule has 0 unspecified atom stereocenters. The third kappa shape index (κ3) is 2.00. The van der Waals surface area contributed by atoms with E-state index in [-0.39, 0.29) is 0 Å². The van der Waals surface area contributed by atoms with Gasteiger partial charge in [-0.25, -0.2) is 19.9 Å². The van der Waals surface area contributed by atoms with Crippen LogP contribution in [0.25, 0.3) is 11.6 Å². The van der Waals surface area contributed by atoms with E-state index in [1.165, 1.54) is 29.8 Å². The molecule has 0 aromatic carbocycles. The largest absolute Gasteiger partial charge is 0.312 e. The van der Waals surface area contributed by atoms with E-state index < -0.39 is 0 Å². The van der Waals surface area contributed by atoms with Crippen molar-refractivity contribution in [2.45, 2.75) is 31.7 Å². The fourth-order valence-electron chi connectivity index (χ4n) is 2.58. The van der Waals surface area contributed by atoms with Crippen molar-refractivity contribution in [3.05, 3.63) is 35.4 Å². The van der Waals surface area contributed by atoms with Crippen molar-refractivity contribution in [3.8, 4) is 11.6 Å². The highest BCUT2D eigenvalue weighted by Crippen LogP contribution is 2.42. The van der Waals surface area contributed by atoms with Crippen LogP contribution in [-0.4, -0.2) is 26.5 Å². The summed E-state index contributed by atoms with van der Waals surface area (Å²) in [6.45, 7) is 1.89. The lowest BCUT2D eigenvalue weighted by Gasteiger charge is -2.19. The lowest BCUT2D eigenvalue weighted by atomic mass is 10.0. The van der Waals surface area contributed by atoms with Crippen LogP contribution in [0.1, 0.15) is 35.7 Å². The molecule has 1 aliphatic heterocycles. The summed E-state index contributed by atoms with van der Waals surface area (Å²) in [5.41, 5.74) is 3.71. The summed E-state index contributed by atoms with van der Waals surface area (Å²) >= 11 is 0. The van der Waals surface area contributed by atoms with Gasteiger partial charge in [-0.3, -0.25) is 0 Å². The minimum atomic E-state index is 0.624. The molecule has 1 N–H and O–H groups in total. The molecule has 2 aromatic rings. The number of nitrogens with zero attached hydrogens (tertiary/aromatic N) is 4. The van der Waals surface area contributed by atoms with Gasteiger partial charge in [-0.2, -0.15) is 0 Å². The van der Waals surface area contributed by atoms with Gasteiger partial charge in [-0.05, 0) is 18.9 Å². The topological polar surface area (TPSA) is 63.6 Å². The molecule has 96 valence electrons. The van der Waals surface area contributed by atoms with Gasteiger partial charge in [0.1, 0.15) is 0 Å². The second kappa shape index (κ2) is 4.35. The van der Waals surface area contributed by atoms with Crippen LogP contribution in [0.15, 0.2) is 18.5 Å². The Kier molecular flexibility index (Phi) is 2.51. The molecule has 0 atom stereocenters. The van der Waals surface area contributed by atoms with Gasteiger partial charge in [0.05, 0.1) is 11.4 Å². The van der Waals surface area contributed by atoms with Crippen LogP contribution >= 0.6 is 0 Å². The van der Waals surface area contributed by atoms with Crippen LogP contribution < -0.4 is 5.32 Å². The highest BCUT2D eigenvalue weighted by atomic mass is 15.0. The number of rotatable bonds is 2. The molecular weight excluding hydrogens is 238 g/mol. The van der Waals surface area contributed by atoms with Crippen molar-refractivity contribution >= 4 is 0 Å². The summed E-state index contributed by atoms with van der Waals surface area (Å²) in [7, 11) is 0. The monoisotopic (exact) mass is 253 g/mol. The highest BCUT2D eigenvalue weighted by Gasteiger charge is 2.31. The molecule has 19 heavy (non-hydrogen) atoms. The van der Waals surface area contributed by atoms with Crippen LogP contribution in [0.5, 0.6) is 0 Å². The van der Waals surface area contributed by atoms with Crippen LogP contribution in [0, 0.1) is 0 Å². The van der Waals surface area contributed by atoms with E-state index >= 15 is 0 Å². The fraction of sp³-hybridized carbons (Fsp3) is 0.429. The van der Waals surface area contributed by atoms with Crippen LogP contribution in [0.3, 0.4) is 0 Å². The van der Waals surface area contributed by atoms with Gasteiger partial charge in [-0.1, -0.05) is 0 Å². The summed E-state index contributed by atoms with van der Waals surface area (Å²) in [4.78, 5) is 18.0. The lowest BCUT2D eigenvalue weighted by molar-refractivity contribution is 0.617. The number of hydrogen-bond donors (Lipinski definition) is 1. The maximum absolute atomic E-state index is 4.74. The Morgan fingerprint density at radius 2 is 1.89 bits per heavy atom. The van der Waals surface area contributed by atoms with E-state index in [9.17, 15) is 0 Å². The van der Waals surface area contributed by atoms with E-state index in [1.54, 1.807) is 12.4 Å². The Morgan fingerprint density at radius 1 is 1.05 bits per heavy atom. The SMILES string of the molecule is c1cnc(-c2nc3c(c(C4CC4)n2)CNCC3)nc1. The zero-order valence-electron chi connectivity index (χ0n) is 10.6. The summed E-state index contributed by atoms with van der Waals surface area (Å²) in [6.07, 6.45) is 6.95. The van der Waals surface area contributed by atoms with Crippen molar-refractivity contribution in [2.24, 2.45) is 0 Å². The van der Waals surface area contributed by atoms with Crippen molar-refractivity contribution < 1.29 is 0 Å². The molecule has 5 heteroatoms. The number of hydrogen-bond acceptors (Lipinski definition) is 5. The summed E-state index contributed by atoms with van der Waals surface area (Å²) in [6, 6.07) is 1.81. The highest BCUT2D eigenvalue weighted by molar-refractivity contribution is 5.46. The lowest BCUT2D eigenvalue weighted by Crippen LogP contribution is -2.26. The van der Waals surface area contributed by atoms with Crippen molar-refractivity contribution in [3.63, 3.8) is 0 Å². The van der Waals surface area contributed by atoms with Gasteiger partial charge >= 0.3 is 0 Å². The molecule has 4 rings (SSSR count). The zero-order valence-corrected chi connectivity index (χ0v) is 10.6. The molecule has 2 aromatic heterocycles. The van der Waals surface area contributed by atoms with Crippen molar-refractivity contribution in [1.82, 2.24) is 25.3 Å². The third-order valence-corrected chi connectivity index (χ3v) is 3.69. The third-order valence-electron chi connectivity index (χ3n) is 3.69. The molecule has 0 radical (unpaired) electrons. The van der Waals surface area contributed by atoms with Crippen LogP contribution in [0.4, 0.5) is 0 Å². The quantitative estimate of drug-likeness (QED) is 0.877. The van der Waals surface area contributed by atoms with Crippen molar-refractivity contribution in [1.29, 1.82) is 0 Å². The maximum Gasteiger partial charge on any atom is 0.198 e. The standard InChI is InChI=1S/C14H15N5/c1-5-16-13(17-6-1)14-18-11-4-7-15-8-10(11)12(19-14)9-2-3-9/h1,5-6,9,15H,2-4,7-8H2. The van der Waals surface area contributed by atoms with E-state index in [0.717, 1.165) is 19.5 Å². The average Bonchev–Trinajstić information content (AvgIpc) is 3.32. The normalized spacial score (nSPS) is 18.1. The molecule has 0 bridgehead atoms. The Hall–Kier alpha value is -1.88.